The average Bonchev–Trinajstić information content (AvgIpc) is 2.99. The van der Waals surface area contributed by atoms with Crippen molar-refractivity contribution in [3.05, 3.63) is 47.0 Å². The van der Waals surface area contributed by atoms with Crippen molar-refractivity contribution >= 4 is 17.3 Å². The lowest BCUT2D eigenvalue weighted by Gasteiger charge is -2.28. The van der Waals surface area contributed by atoms with Crippen molar-refractivity contribution in [2.75, 3.05) is 18.5 Å². The van der Waals surface area contributed by atoms with Crippen LogP contribution in [0.2, 0.25) is 5.02 Å². The van der Waals surface area contributed by atoms with Crippen molar-refractivity contribution in [1.82, 2.24) is 9.55 Å². The molecule has 0 N–H and O–H groups in total. The van der Waals surface area contributed by atoms with Crippen LogP contribution in [-0.4, -0.2) is 23.1 Å². The van der Waals surface area contributed by atoms with Crippen LogP contribution in [0, 0.1) is 12.8 Å². The van der Waals surface area contributed by atoms with Crippen molar-refractivity contribution in [2.45, 2.75) is 52.0 Å². The molecule has 0 unspecified atom stereocenters. The number of anilines is 1. The van der Waals surface area contributed by atoms with E-state index in [1.165, 1.54) is 43.4 Å². The van der Waals surface area contributed by atoms with Crippen molar-refractivity contribution in [2.24, 2.45) is 5.92 Å². The number of benzene rings is 1. The van der Waals surface area contributed by atoms with Crippen LogP contribution < -0.4 is 4.90 Å². The van der Waals surface area contributed by atoms with Gasteiger partial charge in [0.2, 0.25) is 0 Å². The fourth-order valence-corrected chi connectivity index (χ4v) is 3.99. The first-order valence-electron chi connectivity index (χ1n) is 9.11. The average molecular weight is 346 g/mol. The van der Waals surface area contributed by atoms with Gasteiger partial charge in [0.05, 0.1) is 0 Å². The van der Waals surface area contributed by atoms with Gasteiger partial charge in [-0.3, -0.25) is 0 Å². The maximum atomic E-state index is 6.54. The zero-order valence-corrected chi connectivity index (χ0v) is 15.6. The van der Waals surface area contributed by atoms with Gasteiger partial charge in [-0.15, -0.1) is 0 Å². The first kappa shape index (κ1) is 17.3. The van der Waals surface area contributed by atoms with Gasteiger partial charge in [-0.2, -0.15) is 0 Å². The van der Waals surface area contributed by atoms with Gasteiger partial charge < -0.3 is 9.47 Å². The quantitative estimate of drug-likeness (QED) is 0.725. The van der Waals surface area contributed by atoms with E-state index in [1.807, 2.05) is 19.3 Å². The second-order valence-electron chi connectivity index (χ2n) is 7.08. The second-order valence-corrected chi connectivity index (χ2v) is 7.49. The summed E-state index contributed by atoms with van der Waals surface area (Å²) in [7, 11) is 2.19. The lowest BCUT2D eigenvalue weighted by atomic mass is 9.89. The molecule has 0 radical (unpaired) electrons. The third-order valence-electron chi connectivity index (χ3n) is 5.28. The fraction of sp³-hybridized carbons (Fsp3) is 0.550. The molecule has 0 saturated heterocycles. The normalized spacial score (nSPS) is 15.6. The number of imidazole rings is 1. The maximum absolute atomic E-state index is 6.54. The van der Waals surface area contributed by atoms with E-state index in [-0.39, 0.29) is 0 Å². The molecule has 0 aliphatic heterocycles. The van der Waals surface area contributed by atoms with E-state index in [9.17, 15) is 0 Å². The Bertz CT molecular complexity index is 659. The molecule has 0 spiro atoms. The molecule has 1 aromatic heterocycles. The summed E-state index contributed by atoms with van der Waals surface area (Å²) in [6.45, 7) is 4.09. The minimum absolute atomic E-state index is 0.839. The highest BCUT2D eigenvalue weighted by Crippen LogP contribution is 2.28. The Kier molecular flexibility index (Phi) is 5.83. The van der Waals surface area contributed by atoms with Crippen LogP contribution in [0.25, 0.3) is 0 Å². The molecule has 0 atom stereocenters. The van der Waals surface area contributed by atoms with E-state index in [0.29, 0.717) is 0 Å². The molecular weight excluding hydrogens is 318 g/mol. The molecule has 4 heteroatoms. The number of aryl methyl sites for hydroxylation is 3. The van der Waals surface area contributed by atoms with Crippen LogP contribution in [0.3, 0.4) is 0 Å². The van der Waals surface area contributed by atoms with E-state index < -0.39 is 0 Å². The van der Waals surface area contributed by atoms with Crippen LogP contribution in [0.1, 0.15) is 43.5 Å². The molecule has 3 nitrogen and oxygen atoms in total. The molecule has 1 heterocycles. The van der Waals surface area contributed by atoms with E-state index >= 15 is 0 Å². The summed E-state index contributed by atoms with van der Waals surface area (Å²) in [5, 5.41) is 0.876. The lowest BCUT2D eigenvalue weighted by molar-refractivity contribution is 0.362. The number of hydrogen-bond donors (Lipinski definition) is 0. The molecule has 1 aliphatic rings. The first-order valence-corrected chi connectivity index (χ1v) is 9.48. The molecule has 3 rings (SSSR count). The zero-order valence-electron chi connectivity index (χ0n) is 14.8. The van der Waals surface area contributed by atoms with Crippen molar-refractivity contribution in [1.29, 1.82) is 0 Å². The smallest absolute Gasteiger partial charge is 0.105 e. The summed E-state index contributed by atoms with van der Waals surface area (Å²) in [5.41, 5.74) is 2.44. The van der Waals surface area contributed by atoms with E-state index in [1.54, 1.807) is 0 Å². The first-order chi connectivity index (χ1) is 11.6. The Hall–Kier alpha value is -1.48. The van der Waals surface area contributed by atoms with Gasteiger partial charge in [0, 0.05) is 43.2 Å². The Labute approximate surface area is 150 Å². The minimum atomic E-state index is 0.839. The van der Waals surface area contributed by atoms with Crippen molar-refractivity contribution in [3.63, 3.8) is 0 Å². The Morgan fingerprint density at radius 1 is 1.25 bits per heavy atom. The number of hydrogen-bond acceptors (Lipinski definition) is 2. The summed E-state index contributed by atoms with van der Waals surface area (Å²) in [4.78, 5) is 6.63. The Balaban J connectivity index is 1.60. The van der Waals surface area contributed by atoms with Crippen LogP contribution >= 0.6 is 11.6 Å². The van der Waals surface area contributed by atoms with Gasteiger partial charge in [-0.05, 0) is 49.8 Å². The number of nitrogens with zero attached hydrogens (tertiary/aromatic N) is 3. The van der Waals surface area contributed by atoms with E-state index in [2.05, 4.69) is 39.7 Å². The van der Waals surface area contributed by atoms with Crippen LogP contribution in [0.5, 0.6) is 0 Å². The topological polar surface area (TPSA) is 21.1 Å². The highest BCUT2D eigenvalue weighted by atomic mass is 35.5. The molecule has 24 heavy (non-hydrogen) atoms. The molecule has 0 bridgehead atoms. The van der Waals surface area contributed by atoms with Crippen molar-refractivity contribution < 1.29 is 0 Å². The molecule has 0 amide bonds. The van der Waals surface area contributed by atoms with Crippen LogP contribution in [0.4, 0.5) is 5.69 Å². The molecule has 1 aromatic carbocycles. The maximum Gasteiger partial charge on any atom is 0.105 e. The summed E-state index contributed by atoms with van der Waals surface area (Å²) in [6, 6.07) is 6.52. The van der Waals surface area contributed by atoms with Gasteiger partial charge in [0.15, 0.2) is 0 Å². The number of aromatic nitrogens is 2. The van der Waals surface area contributed by atoms with Gasteiger partial charge in [0.1, 0.15) is 5.82 Å². The Morgan fingerprint density at radius 3 is 2.71 bits per heavy atom. The largest absolute Gasteiger partial charge is 0.374 e. The number of halogens is 1. The number of rotatable bonds is 6. The zero-order chi connectivity index (χ0) is 16.9. The summed E-state index contributed by atoms with van der Waals surface area (Å²) < 4.78 is 2.17. The highest BCUT2D eigenvalue weighted by molar-refractivity contribution is 6.31. The predicted octanol–water partition coefficient (Wildman–Crippen LogP) is 5.10. The summed E-state index contributed by atoms with van der Waals surface area (Å²) >= 11 is 6.54. The van der Waals surface area contributed by atoms with Gasteiger partial charge >= 0.3 is 0 Å². The van der Waals surface area contributed by atoms with Gasteiger partial charge in [-0.25, -0.2) is 4.98 Å². The Morgan fingerprint density at radius 2 is 2.04 bits per heavy atom. The van der Waals surface area contributed by atoms with Crippen LogP contribution in [-0.2, 0) is 13.0 Å². The van der Waals surface area contributed by atoms with Gasteiger partial charge in [-0.1, -0.05) is 36.9 Å². The molecule has 1 fully saturated rings. The molecule has 1 saturated carbocycles. The predicted molar refractivity (Wildman–Crippen MR) is 102 cm³/mol. The fourth-order valence-electron chi connectivity index (χ4n) is 3.72. The molecule has 1 aliphatic carbocycles. The lowest BCUT2D eigenvalue weighted by Crippen LogP contribution is -2.26. The van der Waals surface area contributed by atoms with Crippen LogP contribution in [0.15, 0.2) is 30.6 Å². The summed E-state index contributed by atoms with van der Waals surface area (Å²) in [6.07, 6.45) is 11.8. The standard InChI is InChI=1S/C20H28ClN3/c1-16-22-11-13-24(16)12-10-18-8-9-19(14-20(18)21)23(2)15-17-6-4-3-5-7-17/h8-9,11,13-14,17H,3-7,10,12,15H2,1-2H3. The van der Waals surface area contributed by atoms with Gasteiger partial charge in [0.25, 0.3) is 0 Å². The SMILES string of the molecule is Cc1nccn1CCc1ccc(N(C)CC2CCCCC2)cc1Cl. The minimum Gasteiger partial charge on any atom is -0.374 e. The third-order valence-corrected chi connectivity index (χ3v) is 5.63. The molecule has 2 aromatic rings. The summed E-state index contributed by atoms with van der Waals surface area (Å²) in [5.74, 6) is 1.89. The van der Waals surface area contributed by atoms with E-state index in [4.69, 9.17) is 11.6 Å². The second kappa shape index (κ2) is 8.06. The molecule has 130 valence electrons. The monoisotopic (exact) mass is 345 g/mol. The molecular formula is C20H28ClN3. The third kappa shape index (κ3) is 4.32. The van der Waals surface area contributed by atoms with E-state index in [0.717, 1.165) is 36.3 Å². The van der Waals surface area contributed by atoms with Crippen molar-refractivity contribution in [3.8, 4) is 0 Å². The highest BCUT2D eigenvalue weighted by Gasteiger charge is 2.16.